The van der Waals surface area contributed by atoms with Crippen LogP contribution in [0.4, 0.5) is 0 Å². The molecule has 186 valence electrons. The number of hydrogen-bond acceptors (Lipinski definition) is 3. The summed E-state index contributed by atoms with van der Waals surface area (Å²) in [6, 6.07) is 9.92. The SMILES string of the molecule is COC(=O)Cc1ccc(C#Cc2cc(C(C)(C)C)c(OC(C)C)c(CC#C[Si](C)(C)C)c2C)cc1. The molecule has 0 bridgehead atoms. The van der Waals surface area contributed by atoms with Gasteiger partial charge in [-0.1, -0.05) is 64.4 Å². The van der Waals surface area contributed by atoms with E-state index >= 15 is 0 Å². The normalized spacial score (nSPS) is 11.3. The summed E-state index contributed by atoms with van der Waals surface area (Å²) in [5.74, 6) is 10.9. The summed E-state index contributed by atoms with van der Waals surface area (Å²) in [6.07, 6.45) is 0.982. The lowest BCUT2D eigenvalue weighted by atomic mass is 9.82. The molecule has 2 rings (SSSR count). The predicted octanol–water partition coefficient (Wildman–Crippen LogP) is 6.62. The minimum Gasteiger partial charge on any atom is -0.490 e. The average Bonchev–Trinajstić information content (AvgIpc) is 2.74. The molecule has 0 unspecified atom stereocenters. The third-order valence-electron chi connectivity index (χ3n) is 5.43. The van der Waals surface area contributed by atoms with Crippen molar-refractivity contribution in [2.24, 2.45) is 0 Å². The Hall–Kier alpha value is -2.95. The van der Waals surface area contributed by atoms with Gasteiger partial charge < -0.3 is 9.47 Å². The molecule has 0 amide bonds. The number of hydrogen-bond donors (Lipinski definition) is 0. The minimum absolute atomic E-state index is 0.0691. The molecule has 0 spiro atoms. The van der Waals surface area contributed by atoms with Gasteiger partial charge in [-0.05, 0) is 55.5 Å². The highest BCUT2D eigenvalue weighted by atomic mass is 28.3. The van der Waals surface area contributed by atoms with Gasteiger partial charge in [0, 0.05) is 28.7 Å². The molecule has 0 saturated carbocycles. The monoisotopic (exact) mass is 488 g/mol. The maximum Gasteiger partial charge on any atom is 0.309 e. The highest BCUT2D eigenvalue weighted by molar-refractivity contribution is 6.83. The molecular formula is C31H40O3Si. The van der Waals surface area contributed by atoms with Crippen molar-refractivity contribution >= 4 is 14.0 Å². The molecule has 0 aliphatic carbocycles. The molecule has 0 saturated heterocycles. The average molecular weight is 489 g/mol. The fraction of sp³-hybridized carbons (Fsp3) is 0.452. The summed E-state index contributed by atoms with van der Waals surface area (Å²) in [7, 11) is -0.0759. The van der Waals surface area contributed by atoms with Crippen LogP contribution in [-0.2, 0) is 27.8 Å². The zero-order chi connectivity index (χ0) is 26.4. The van der Waals surface area contributed by atoms with Gasteiger partial charge in [-0.15, -0.1) is 11.5 Å². The van der Waals surface area contributed by atoms with Gasteiger partial charge in [0.25, 0.3) is 0 Å². The Morgan fingerprint density at radius 2 is 1.69 bits per heavy atom. The second-order valence-corrected chi connectivity index (χ2v) is 16.0. The summed E-state index contributed by atoms with van der Waals surface area (Å²) in [4.78, 5) is 11.5. The molecule has 0 radical (unpaired) electrons. The molecule has 0 atom stereocenters. The largest absolute Gasteiger partial charge is 0.490 e. The van der Waals surface area contributed by atoms with E-state index < -0.39 is 8.07 Å². The van der Waals surface area contributed by atoms with E-state index in [-0.39, 0.29) is 23.9 Å². The fourth-order valence-electron chi connectivity index (χ4n) is 3.57. The van der Waals surface area contributed by atoms with Crippen molar-refractivity contribution in [3.05, 3.63) is 63.7 Å². The third kappa shape index (κ3) is 8.64. The fourth-order valence-corrected chi connectivity index (χ4v) is 4.18. The molecule has 0 fully saturated rings. The first-order chi connectivity index (χ1) is 16.2. The topological polar surface area (TPSA) is 35.5 Å². The quantitative estimate of drug-likeness (QED) is 0.270. The molecule has 2 aromatic rings. The molecule has 2 aromatic carbocycles. The smallest absolute Gasteiger partial charge is 0.309 e. The van der Waals surface area contributed by atoms with E-state index in [9.17, 15) is 4.79 Å². The minimum atomic E-state index is -1.48. The van der Waals surface area contributed by atoms with Crippen LogP contribution >= 0.6 is 0 Å². The van der Waals surface area contributed by atoms with Crippen molar-refractivity contribution in [2.75, 3.05) is 7.11 Å². The Kier molecular flexibility index (Phi) is 9.42. The number of carbonyl (C=O) groups excluding carboxylic acids is 1. The molecule has 35 heavy (non-hydrogen) atoms. The maximum absolute atomic E-state index is 11.5. The van der Waals surface area contributed by atoms with Gasteiger partial charge >= 0.3 is 5.97 Å². The van der Waals surface area contributed by atoms with Crippen LogP contribution < -0.4 is 4.74 Å². The van der Waals surface area contributed by atoms with Crippen LogP contribution in [0.25, 0.3) is 0 Å². The first-order valence-electron chi connectivity index (χ1n) is 12.2. The first-order valence-corrected chi connectivity index (χ1v) is 15.7. The lowest BCUT2D eigenvalue weighted by Crippen LogP contribution is -2.19. The predicted molar refractivity (Wildman–Crippen MR) is 149 cm³/mol. The Morgan fingerprint density at radius 3 is 2.20 bits per heavy atom. The first kappa shape index (κ1) is 28.3. The van der Waals surface area contributed by atoms with Crippen molar-refractivity contribution < 1.29 is 14.3 Å². The Morgan fingerprint density at radius 1 is 1.06 bits per heavy atom. The number of carbonyl (C=O) groups is 1. The lowest BCUT2D eigenvalue weighted by Gasteiger charge is -2.28. The molecule has 0 aromatic heterocycles. The van der Waals surface area contributed by atoms with Crippen molar-refractivity contribution in [1.29, 1.82) is 0 Å². The van der Waals surface area contributed by atoms with Crippen molar-refractivity contribution in [2.45, 2.75) is 85.5 Å². The molecule has 0 heterocycles. The number of esters is 1. The van der Waals surface area contributed by atoms with E-state index in [0.717, 1.165) is 39.1 Å². The molecule has 0 aliphatic heterocycles. The molecular weight excluding hydrogens is 448 g/mol. The van der Waals surface area contributed by atoms with Gasteiger partial charge in [0.1, 0.15) is 13.8 Å². The van der Waals surface area contributed by atoms with Crippen molar-refractivity contribution in [1.82, 2.24) is 0 Å². The molecule has 4 heteroatoms. The highest BCUT2D eigenvalue weighted by Gasteiger charge is 2.25. The van der Waals surface area contributed by atoms with Crippen LogP contribution in [-0.4, -0.2) is 27.3 Å². The third-order valence-corrected chi connectivity index (χ3v) is 6.35. The summed E-state index contributed by atoms with van der Waals surface area (Å²) >= 11 is 0. The van der Waals surface area contributed by atoms with Gasteiger partial charge in [0.15, 0.2) is 0 Å². The molecule has 0 N–H and O–H groups in total. The van der Waals surface area contributed by atoms with Crippen molar-refractivity contribution in [3.8, 4) is 29.1 Å². The van der Waals surface area contributed by atoms with E-state index in [0.29, 0.717) is 6.42 Å². The van der Waals surface area contributed by atoms with Crippen LogP contribution in [0.3, 0.4) is 0 Å². The van der Waals surface area contributed by atoms with Crippen molar-refractivity contribution in [3.63, 3.8) is 0 Å². The summed E-state index contributed by atoms with van der Waals surface area (Å²) in [5, 5.41) is 0. The molecule has 0 aliphatic rings. The van der Waals surface area contributed by atoms with Gasteiger partial charge in [0.2, 0.25) is 0 Å². The van der Waals surface area contributed by atoms with E-state index in [1.54, 1.807) is 0 Å². The van der Waals surface area contributed by atoms with E-state index in [4.69, 9.17) is 9.47 Å². The van der Waals surface area contributed by atoms with E-state index in [1.807, 2.05) is 24.3 Å². The second-order valence-electron chi connectivity index (χ2n) is 11.2. The number of rotatable bonds is 5. The zero-order valence-corrected chi connectivity index (χ0v) is 24.1. The second kappa shape index (κ2) is 11.7. The van der Waals surface area contributed by atoms with Crippen LogP contribution in [0.5, 0.6) is 5.75 Å². The van der Waals surface area contributed by atoms with Gasteiger partial charge in [-0.2, -0.15) is 0 Å². The Bertz CT molecular complexity index is 1170. The number of ether oxygens (including phenoxy) is 2. The van der Waals surface area contributed by atoms with Gasteiger partial charge in [-0.3, -0.25) is 4.79 Å². The lowest BCUT2D eigenvalue weighted by molar-refractivity contribution is -0.139. The van der Waals surface area contributed by atoms with Gasteiger partial charge in [-0.25, -0.2) is 0 Å². The number of benzene rings is 2. The van der Waals surface area contributed by atoms with E-state index in [1.165, 1.54) is 7.11 Å². The Balaban J connectivity index is 2.59. The van der Waals surface area contributed by atoms with Crippen LogP contribution in [0, 0.1) is 30.2 Å². The summed E-state index contributed by atoms with van der Waals surface area (Å²) < 4.78 is 11.1. The maximum atomic E-state index is 11.5. The Labute approximate surface area is 213 Å². The van der Waals surface area contributed by atoms with Crippen LogP contribution in [0.15, 0.2) is 30.3 Å². The van der Waals surface area contributed by atoms with E-state index in [2.05, 4.69) is 90.6 Å². The van der Waals surface area contributed by atoms with Gasteiger partial charge in [0.05, 0.1) is 19.6 Å². The van der Waals surface area contributed by atoms with Crippen LogP contribution in [0.1, 0.15) is 68.0 Å². The standard InChI is InChI=1S/C31H40O3Si/c1-22(2)34-30-27(12-11-19-35(8,9)10)23(3)26(21-28(30)31(4,5)6)18-17-24-13-15-25(16-14-24)20-29(32)33-7/h13-16,21-22H,12,20H2,1-10H3. The summed E-state index contributed by atoms with van der Waals surface area (Å²) in [6.45, 7) is 19.7. The highest BCUT2D eigenvalue weighted by Crippen LogP contribution is 2.38. The zero-order valence-electron chi connectivity index (χ0n) is 23.1. The number of methoxy groups -OCH3 is 1. The van der Waals surface area contributed by atoms with Crippen LogP contribution in [0.2, 0.25) is 19.6 Å². The molecule has 3 nitrogen and oxygen atoms in total. The summed E-state index contributed by atoms with van der Waals surface area (Å²) in [5.41, 5.74) is 9.60.